The van der Waals surface area contributed by atoms with Crippen molar-refractivity contribution >= 4 is 11.6 Å². The number of benzene rings is 1. The van der Waals surface area contributed by atoms with Gasteiger partial charge in [-0.15, -0.1) is 0 Å². The molecule has 1 aromatic heterocycles. The number of amides is 1. The minimum atomic E-state index is -0.0106. The maximum absolute atomic E-state index is 12.4. The Hall–Kier alpha value is -2.63. The monoisotopic (exact) mass is 340 g/mol. The van der Waals surface area contributed by atoms with Crippen LogP contribution in [0, 0.1) is 0 Å². The molecule has 3 rings (SSSR count). The fraction of sp³-hybridized carbons (Fsp3) is 0.421. The molecular formula is C19H24N4O2. The number of hydrogen-bond donors (Lipinski definition) is 1. The first kappa shape index (κ1) is 17.2. The first-order valence-electron chi connectivity index (χ1n) is 8.63. The van der Waals surface area contributed by atoms with Crippen LogP contribution in [-0.4, -0.2) is 42.1 Å². The van der Waals surface area contributed by atoms with Crippen molar-refractivity contribution in [2.75, 3.05) is 19.0 Å². The zero-order valence-electron chi connectivity index (χ0n) is 14.7. The second kappa shape index (κ2) is 7.96. The molecule has 1 fully saturated rings. The van der Waals surface area contributed by atoms with Gasteiger partial charge in [0.2, 0.25) is 5.88 Å². The third kappa shape index (κ3) is 4.68. The number of carbonyl (C=O) groups is 1. The van der Waals surface area contributed by atoms with Crippen molar-refractivity contribution in [2.24, 2.45) is 0 Å². The number of nitrogens with one attached hydrogen (secondary N) is 1. The first-order valence-corrected chi connectivity index (χ1v) is 8.63. The van der Waals surface area contributed by atoms with E-state index < -0.39 is 0 Å². The molecule has 0 radical (unpaired) electrons. The molecule has 1 aromatic carbocycles. The Morgan fingerprint density at radius 3 is 2.44 bits per heavy atom. The van der Waals surface area contributed by atoms with Crippen molar-refractivity contribution < 1.29 is 9.53 Å². The Balaban J connectivity index is 1.47. The zero-order chi connectivity index (χ0) is 17.6. The predicted molar refractivity (Wildman–Crippen MR) is 96.9 cm³/mol. The van der Waals surface area contributed by atoms with Crippen molar-refractivity contribution in [1.82, 2.24) is 15.3 Å². The zero-order valence-corrected chi connectivity index (χ0v) is 14.7. The van der Waals surface area contributed by atoms with Crippen LogP contribution in [0.5, 0.6) is 5.88 Å². The third-order valence-electron chi connectivity index (χ3n) is 4.48. The molecule has 1 saturated carbocycles. The van der Waals surface area contributed by atoms with E-state index in [2.05, 4.69) is 15.3 Å². The molecule has 132 valence electrons. The average Bonchev–Trinajstić information content (AvgIpc) is 2.64. The lowest BCUT2D eigenvalue weighted by atomic mass is 9.92. The van der Waals surface area contributed by atoms with Gasteiger partial charge in [-0.05, 0) is 49.9 Å². The van der Waals surface area contributed by atoms with E-state index in [9.17, 15) is 4.79 Å². The lowest BCUT2D eigenvalue weighted by Gasteiger charge is -2.29. The highest BCUT2D eigenvalue weighted by Crippen LogP contribution is 2.23. The summed E-state index contributed by atoms with van der Waals surface area (Å²) in [5.41, 5.74) is 1.78. The lowest BCUT2D eigenvalue weighted by molar-refractivity contribution is 0.0890. The highest BCUT2D eigenvalue weighted by Gasteiger charge is 2.24. The second-order valence-electron chi connectivity index (χ2n) is 6.55. The molecule has 1 amide bonds. The van der Waals surface area contributed by atoms with E-state index in [4.69, 9.17) is 4.74 Å². The van der Waals surface area contributed by atoms with Gasteiger partial charge in [0, 0.05) is 43.8 Å². The highest BCUT2D eigenvalue weighted by atomic mass is 16.5. The smallest absolute Gasteiger partial charge is 0.251 e. The molecule has 6 heteroatoms. The number of nitrogens with zero attached hydrogens (tertiary/aromatic N) is 3. The Morgan fingerprint density at radius 1 is 1.12 bits per heavy atom. The number of aromatic nitrogens is 2. The van der Waals surface area contributed by atoms with E-state index in [0.29, 0.717) is 11.4 Å². The summed E-state index contributed by atoms with van der Waals surface area (Å²) in [5.74, 6) is 0.555. The highest BCUT2D eigenvalue weighted by molar-refractivity contribution is 5.94. The maximum atomic E-state index is 12.4. The van der Waals surface area contributed by atoms with Crippen molar-refractivity contribution in [3.8, 4) is 5.88 Å². The van der Waals surface area contributed by atoms with Crippen LogP contribution in [0.1, 0.15) is 36.0 Å². The van der Waals surface area contributed by atoms with E-state index in [-0.39, 0.29) is 18.1 Å². The van der Waals surface area contributed by atoms with Gasteiger partial charge in [-0.2, -0.15) is 0 Å². The van der Waals surface area contributed by atoms with Crippen LogP contribution in [0.25, 0.3) is 0 Å². The third-order valence-corrected chi connectivity index (χ3v) is 4.48. The molecule has 2 aromatic rings. The van der Waals surface area contributed by atoms with Crippen LogP contribution in [0.4, 0.5) is 5.69 Å². The molecule has 0 unspecified atom stereocenters. The standard InChI is InChI=1S/C19H24N4O2/c1-23(2)16-7-3-14(4-8-16)19(24)22-15-5-9-17(10-6-15)25-18-13-20-11-12-21-18/h3-4,7-8,11-13,15,17H,5-6,9-10H2,1-2H3,(H,22,24). The van der Waals surface area contributed by atoms with Crippen molar-refractivity contribution in [2.45, 2.75) is 37.8 Å². The van der Waals surface area contributed by atoms with Gasteiger partial charge in [0.15, 0.2) is 0 Å². The van der Waals surface area contributed by atoms with Gasteiger partial charge in [-0.3, -0.25) is 9.78 Å². The van der Waals surface area contributed by atoms with Crippen LogP contribution >= 0.6 is 0 Å². The summed E-state index contributed by atoms with van der Waals surface area (Å²) < 4.78 is 5.84. The Morgan fingerprint density at radius 2 is 1.84 bits per heavy atom. The normalized spacial score (nSPS) is 19.9. The molecule has 1 N–H and O–H groups in total. The fourth-order valence-corrected chi connectivity index (χ4v) is 3.02. The quantitative estimate of drug-likeness (QED) is 0.906. The van der Waals surface area contributed by atoms with Crippen LogP contribution in [0.2, 0.25) is 0 Å². The number of ether oxygens (including phenoxy) is 1. The molecule has 6 nitrogen and oxygen atoms in total. The molecule has 0 saturated heterocycles. The molecule has 1 aliphatic rings. The predicted octanol–water partition coefficient (Wildman–Crippen LogP) is 2.66. The van der Waals surface area contributed by atoms with Gasteiger partial charge < -0.3 is 15.0 Å². The summed E-state index contributed by atoms with van der Waals surface area (Å²) in [6.45, 7) is 0. The molecule has 0 bridgehead atoms. The van der Waals surface area contributed by atoms with Crippen LogP contribution < -0.4 is 15.0 Å². The first-order chi connectivity index (χ1) is 12.1. The summed E-state index contributed by atoms with van der Waals surface area (Å²) in [6.07, 6.45) is 8.66. The number of hydrogen-bond acceptors (Lipinski definition) is 5. The average molecular weight is 340 g/mol. The minimum Gasteiger partial charge on any atom is -0.473 e. The van der Waals surface area contributed by atoms with Crippen molar-refractivity contribution in [1.29, 1.82) is 0 Å². The van der Waals surface area contributed by atoms with Gasteiger partial charge in [0.25, 0.3) is 5.91 Å². The minimum absolute atomic E-state index is 0.0106. The van der Waals surface area contributed by atoms with Gasteiger partial charge in [0.05, 0.1) is 6.20 Å². The topological polar surface area (TPSA) is 67.4 Å². The van der Waals surface area contributed by atoms with Crippen molar-refractivity contribution in [3.63, 3.8) is 0 Å². The fourth-order valence-electron chi connectivity index (χ4n) is 3.02. The largest absolute Gasteiger partial charge is 0.473 e. The molecular weight excluding hydrogens is 316 g/mol. The molecule has 1 aliphatic carbocycles. The summed E-state index contributed by atoms with van der Waals surface area (Å²) in [7, 11) is 3.97. The summed E-state index contributed by atoms with van der Waals surface area (Å²) >= 11 is 0. The molecule has 1 heterocycles. The lowest BCUT2D eigenvalue weighted by Crippen LogP contribution is -2.39. The molecule has 25 heavy (non-hydrogen) atoms. The summed E-state index contributed by atoms with van der Waals surface area (Å²) in [5, 5.41) is 3.13. The summed E-state index contributed by atoms with van der Waals surface area (Å²) in [6, 6.07) is 7.85. The van der Waals surface area contributed by atoms with Crippen LogP contribution in [0.15, 0.2) is 42.9 Å². The Labute approximate surface area is 148 Å². The van der Waals surface area contributed by atoms with E-state index in [1.165, 1.54) is 0 Å². The van der Waals surface area contributed by atoms with E-state index in [0.717, 1.165) is 31.4 Å². The second-order valence-corrected chi connectivity index (χ2v) is 6.55. The SMILES string of the molecule is CN(C)c1ccc(C(=O)NC2CCC(Oc3cnccn3)CC2)cc1. The number of rotatable bonds is 5. The van der Waals surface area contributed by atoms with Crippen LogP contribution in [0.3, 0.4) is 0 Å². The van der Waals surface area contributed by atoms with Crippen molar-refractivity contribution in [3.05, 3.63) is 48.4 Å². The number of anilines is 1. The van der Waals surface area contributed by atoms with E-state index in [1.807, 2.05) is 43.3 Å². The van der Waals surface area contributed by atoms with Gasteiger partial charge in [-0.25, -0.2) is 4.98 Å². The Bertz CT molecular complexity index is 680. The van der Waals surface area contributed by atoms with E-state index in [1.54, 1.807) is 18.6 Å². The Kier molecular flexibility index (Phi) is 5.48. The van der Waals surface area contributed by atoms with E-state index >= 15 is 0 Å². The maximum Gasteiger partial charge on any atom is 0.251 e. The van der Waals surface area contributed by atoms with Gasteiger partial charge in [-0.1, -0.05) is 0 Å². The summed E-state index contributed by atoms with van der Waals surface area (Å²) in [4.78, 5) is 22.6. The molecule has 0 aliphatic heterocycles. The molecule has 0 spiro atoms. The molecule has 0 atom stereocenters. The van der Waals surface area contributed by atoms with Gasteiger partial charge >= 0.3 is 0 Å². The van der Waals surface area contributed by atoms with Crippen LogP contribution in [-0.2, 0) is 0 Å². The van der Waals surface area contributed by atoms with Gasteiger partial charge in [0.1, 0.15) is 6.10 Å². The number of carbonyl (C=O) groups excluding carboxylic acids is 1.